The van der Waals surface area contributed by atoms with Gasteiger partial charge in [0.05, 0.1) is 24.7 Å². The summed E-state index contributed by atoms with van der Waals surface area (Å²) in [6.45, 7) is 2.87. The van der Waals surface area contributed by atoms with Crippen molar-refractivity contribution in [3.8, 4) is 0 Å². The summed E-state index contributed by atoms with van der Waals surface area (Å²) >= 11 is 0. The first-order chi connectivity index (χ1) is 13.0. The molecule has 15 heteroatoms. The van der Waals surface area contributed by atoms with E-state index in [0.29, 0.717) is 24.7 Å². The zero-order chi connectivity index (χ0) is 20.9. The number of carbonyl (C=O) groups is 2. The quantitative estimate of drug-likeness (QED) is 0.243. The monoisotopic (exact) mass is 444 g/mol. The Balaban J connectivity index is 1.78. The Morgan fingerprint density at radius 1 is 1.29 bits per heavy atom. The number of nitrogens with one attached hydrogen (secondary N) is 1. The molecule has 0 unspecified atom stereocenters. The van der Waals surface area contributed by atoms with Gasteiger partial charge >= 0.3 is 16.4 Å². The fourth-order valence-electron chi connectivity index (χ4n) is 2.92. The molecule has 28 heavy (non-hydrogen) atoms. The number of hydrogen-bond acceptors (Lipinski definition) is 9. The van der Waals surface area contributed by atoms with Crippen LogP contribution in [-0.4, -0.2) is 105 Å². The lowest BCUT2D eigenvalue weighted by Crippen LogP contribution is -2.59. The van der Waals surface area contributed by atoms with Crippen LogP contribution in [0.15, 0.2) is 0 Å². The van der Waals surface area contributed by atoms with Crippen molar-refractivity contribution in [2.75, 3.05) is 50.8 Å². The molecule has 0 saturated carbocycles. The summed E-state index contributed by atoms with van der Waals surface area (Å²) < 4.78 is 57.2. The second-order valence-corrected chi connectivity index (χ2v) is 9.59. The van der Waals surface area contributed by atoms with Gasteiger partial charge in [0.15, 0.2) is 9.84 Å². The van der Waals surface area contributed by atoms with E-state index in [4.69, 9.17) is 9.39 Å². The van der Waals surface area contributed by atoms with E-state index in [2.05, 4.69) is 9.76 Å². The SMILES string of the molecule is CCN1C(=O)N(OS(=O)(=O)O)CC[C@H]1C(=O)NOCCN1CCS(=O)(=O)CC1. The van der Waals surface area contributed by atoms with Crippen molar-refractivity contribution in [3.63, 3.8) is 0 Å². The minimum atomic E-state index is -4.85. The molecule has 2 fully saturated rings. The number of amides is 3. The number of carbonyl (C=O) groups excluding carboxylic acids is 2. The molecule has 2 saturated heterocycles. The van der Waals surface area contributed by atoms with Crippen LogP contribution in [0.25, 0.3) is 0 Å². The number of hydrogen-bond donors (Lipinski definition) is 2. The van der Waals surface area contributed by atoms with Crippen molar-refractivity contribution in [2.24, 2.45) is 0 Å². The van der Waals surface area contributed by atoms with Gasteiger partial charge in [-0.3, -0.25) is 19.1 Å². The van der Waals surface area contributed by atoms with Gasteiger partial charge in [-0.2, -0.15) is 13.5 Å². The first-order valence-electron chi connectivity index (χ1n) is 8.62. The maximum absolute atomic E-state index is 12.3. The number of rotatable bonds is 8. The Hall–Kier alpha value is -1.52. The molecule has 2 rings (SSSR count). The first kappa shape index (κ1) is 22.8. The minimum Gasteiger partial charge on any atom is -0.311 e. The molecule has 0 aromatic carbocycles. The van der Waals surface area contributed by atoms with E-state index < -0.39 is 38.2 Å². The van der Waals surface area contributed by atoms with E-state index in [9.17, 15) is 26.4 Å². The Bertz CT molecular complexity index is 772. The third-order valence-corrected chi connectivity index (χ3v) is 6.37. The highest BCUT2D eigenvalue weighted by molar-refractivity contribution is 7.91. The Kier molecular flexibility index (Phi) is 7.58. The topological polar surface area (TPSA) is 163 Å². The zero-order valence-electron chi connectivity index (χ0n) is 15.3. The number of urea groups is 1. The van der Waals surface area contributed by atoms with Gasteiger partial charge in [0.1, 0.15) is 6.04 Å². The average molecular weight is 444 g/mol. The number of likely N-dealkylation sites (N-methyl/N-ethyl adjacent to an activating group) is 1. The van der Waals surface area contributed by atoms with Crippen molar-refractivity contribution in [1.82, 2.24) is 20.3 Å². The van der Waals surface area contributed by atoms with E-state index in [1.54, 1.807) is 6.92 Å². The molecular formula is C13H24N4O9S2. The standard InChI is InChI=1S/C13H24N4O9S2/c1-2-16-11(3-4-17(13(16)19)26-28(22,23)24)12(18)14-25-8-5-15-6-9-27(20,21)10-7-15/h11H,2-10H2,1H3,(H,14,18)(H,22,23,24)/t11-/m0/s1. The van der Waals surface area contributed by atoms with Crippen molar-refractivity contribution in [2.45, 2.75) is 19.4 Å². The normalized spacial score (nSPS) is 23.6. The summed E-state index contributed by atoms with van der Waals surface area (Å²) in [6, 6.07) is -1.76. The van der Waals surface area contributed by atoms with Gasteiger partial charge in [0, 0.05) is 26.2 Å². The molecule has 0 aliphatic carbocycles. The van der Waals surface area contributed by atoms with Crippen molar-refractivity contribution in [3.05, 3.63) is 0 Å². The van der Waals surface area contributed by atoms with E-state index >= 15 is 0 Å². The van der Waals surface area contributed by atoms with Gasteiger partial charge < -0.3 is 4.90 Å². The van der Waals surface area contributed by atoms with Crippen LogP contribution in [0.2, 0.25) is 0 Å². The van der Waals surface area contributed by atoms with Gasteiger partial charge in [-0.15, -0.1) is 4.28 Å². The largest absolute Gasteiger partial charge is 0.418 e. The summed E-state index contributed by atoms with van der Waals surface area (Å²) in [7, 11) is -7.81. The summed E-state index contributed by atoms with van der Waals surface area (Å²) in [5, 5.41) is 0.466. The van der Waals surface area contributed by atoms with E-state index in [-0.39, 0.29) is 37.6 Å². The summed E-state index contributed by atoms with van der Waals surface area (Å²) in [5.41, 5.74) is 2.25. The molecule has 2 aliphatic heterocycles. The summed E-state index contributed by atoms with van der Waals surface area (Å²) in [5.74, 6) is -0.392. The number of sulfone groups is 1. The highest BCUT2D eigenvalue weighted by atomic mass is 32.3. The molecular weight excluding hydrogens is 420 g/mol. The smallest absolute Gasteiger partial charge is 0.311 e. The Morgan fingerprint density at radius 3 is 2.50 bits per heavy atom. The minimum absolute atomic E-state index is 0.0638. The molecule has 162 valence electrons. The van der Waals surface area contributed by atoms with Gasteiger partial charge in [-0.25, -0.2) is 18.7 Å². The molecule has 0 bridgehead atoms. The van der Waals surface area contributed by atoms with E-state index in [0.717, 1.165) is 4.90 Å². The number of nitrogens with zero attached hydrogens (tertiary/aromatic N) is 3. The third-order valence-electron chi connectivity index (χ3n) is 4.39. The van der Waals surface area contributed by atoms with Gasteiger partial charge in [0.2, 0.25) is 0 Å². The predicted octanol–water partition coefficient (Wildman–Crippen LogP) is -1.98. The molecule has 0 aromatic rings. The second-order valence-electron chi connectivity index (χ2n) is 6.29. The van der Waals surface area contributed by atoms with Crippen molar-refractivity contribution < 1.29 is 40.1 Å². The van der Waals surface area contributed by atoms with Crippen LogP contribution in [0.1, 0.15) is 13.3 Å². The van der Waals surface area contributed by atoms with Crippen LogP contribution in [0.4, 0.5) is 4.79 Å². The molecule has 3 amide bonds. The van der Waals surface area contributed by atoms with Crippen LogP contribution >= 0.6 is 0 Å². The van der Waals surface area contributed by atoms with Crippen molar-refractivity contribution >= 4 is 32.2 Å². The molecule has 2 heterocycles. The molecule has 1 atom stereocenters. The maximum atomic E-state index is 12.3. The lowest BCUT2D eigenvalue weighted by atomic mass is 10.1. The summed E-state index contributed by atoms with van der Waals surface area (Å²) in [4.78, 5) is 32.6. The first-order valence-corrected chi connectivity index (χ1v) is 11.8. The third kappa shape index (κ3) is 6.52. The van der Waals surface area contributed by atoms with Gasteiger partial charge in [0.25, 0.3) is 5.91 Å². The maximum Gasteiger partial charge on any atom is 0.418 e. The molecule has 2 aliphatic rings. The van der Waals surface area contributed by atoms with Gasteiger partial charge in [-0.05, 0) is 13.3 Å². The van der Waals surface area contributed by atoms with Crippen LogP contribution < -0.4 is 5.48 Å². The zero-order valence-corrected chi connectivity index (χ0v) is 16.9. The van der Waals surface area contributed by atoms with Gasteiger partial charge in [-0.1, -0.05) is 0 Å². The fraction of sp³-hybridized carbons (Fsp3) is 0.846. The average Bonchev–Trinajstić information content (AvgIpc) is 2.60. The molecule has 13 nitrogen and oxygen atoms in total. The highest BCUT2D eigenvalue weighted by Gasteiger charge is 2.39. The Morgan fingerprint density at radius 2 is 1.93 bits per heavy atom. The fourth-order valence-corrected chi connectivity index (χ4v) is 4.56. The Labute approximate surface area is 163 Å². The second kappa shape index (κ2) is 9.32. The molecule has 2 N–H and O–H groups in total. The number of hydroxylamine groups is 3. The van der Waals surface area contributed by atoms with Crippen molar-refractivity contribution in [1.29, 1.82) is 0 Å². The predicted molar refractivity (Wildman–Crippen MR) is 94.7 cm³/mol. The van der Waals surface area contributed by atoms with E-state index in [1.165, 1.54) is 0 Å². The summed E-state index contributed by atoms with van der Waals surface area (Å²) in [6.07, 6.45) is 0.0638. The van der Waals surface area contributed by atoms with Crippen LogP contribution in [-0.2, 0) is 34.2 Å². The lowest BCUT2D eigenvalue weighted by Gasteiger charge is -2.38. The highest BCUT2D eigenvalue weighted by Crippen LogP contribution is 2.17. The molecule has 0 radical (unpaired) electrons. The molecule has 0 spiro atoms. The lowest BCUT2D eigenvalue weighted by molar-refractivity contribution is -0.142. The molecule has 0 aromatic heterocycles. The van der Waals surface area contributed by atoms with Crippen LogP contribution in [0.3, 0.4) is 0 Å². The van der Waals surface area contributed by atoms with Crippen LogP contribution in [0, 0.1) is 0 Å². The van der Waals surface area contributed by atoms with E-state index in [1.807, 2.05) is 4.90 Å². The van der Waals surface area contributed by atoms with Crippen LogP contribution in [0.5, 0.6) is 0 Å².